The lowest BCUT2D eigenvalue weighted by Gasteiger charge is -2.15. The summed E-state index contributed by atoms with van der Waals surface area (Å²) in [7, 11) is 5.89. The molecule has 0 unspecified atom stereocenters. The van der Waals surface area contributed by atoms with E-state index < -0.39 is 11.2 Å². The molecule has 4 rings (SSSR count). The Kier molecular flexibility index (Phi) is 11.9. The molecule has 0 radical (unpaired) electrons. The van der Waals surface area contributed by atoms with Crippen LogP contribution in [0, 0.1) is 0 Å². The molecule has 0 heterocycles. The third kappa shape index (κ3) is 8.55. The highest BCUT2D eigenvalue weighted by atomic mass is 35.5. The molecule has 0 bridgehead atoms. The van der Waals surface area contributed by atoms with Crippen LogP contribution in [0.1, 0.15) is 31.8 Å². The van der Waals surface area contributed by atoms with Crippen LogP contribution in [0.5, 0.6) is 34.5 Å². The van der Waals surface area contributed by atoms with Crippen LogP contribution in [0.4, 0.5) is 0 Å². The Morgan fingerprint density at radius 3 is 1.21 bits per heavy atom. The van der Waals surface area contributed by atoms with Gasteiger partial charge in [-0.05, 0) is 47.0 Å². The van der Waals surface area contributed by atoms with Crippen LogP contribution in [-0.4, -0.2) is 44.8 Å². The van der Waals surface area contributed by atoms with Crippen LogP contribution in [0.15, 0.2) is 84.9 Å². The number of benzene rings is 4. The lowest BCUT2D eigenvalue weighted by Crippen LogP contribution is -2.03. The van der Waals surface area contributed by atoms with E-state index in [9.17, 15) is 9.59 Å². The fraction of sp³-hybridized carbons (Fsp3) is 0.188. The van der Waals surface area contributed by atoms with Crippen molar-refractivity contribution in [3.63, 3.8) is 0 Å². The summed E-state index contributed by atoms with van der Waals surface area (Å²) in [5.41, 5.74) is 2.37. The lowest BCUT2D eigenvalue weighted by molar-refractivity contribution is 0.0695. The van der Waals surface area contributed by atoms with Gasteiger partial charge in [0.25, 0.3) is 5.24 Å². The van der Waals surface area contributed by atoms with Crippen LogP contribution in [0.3, 0.4) is 0 Å². The maximum Gasteiger partial charge on any atom is 0.335 e. The summed E-state index contributed by atoms with van der Waals surface area (Å²) in [5, 5.41) is 8.49. The standard InChI is InChI=1S/C16H15ClO4.C16H16O5/c2*1-19-13-8-12(16(17)18)9-14(20-2)15(13)21-10-11-6-4-3-5-7-11/h3-9H,10H2,1-2H3;3-9H,10H2,1-2H3,(H,17,18). The second-order valence-corrected chi connectivity index (χ2v) is 8.89. The molecule has 4 aromatic rings. The number of rotatable bonds is 12. The van der Waals surface area contributed by atoms with Gasteiger partial charge in [0.1, 0.15) is 13.2 Å². The van der Waals surface area contributed by atoms with E-state index in [1.807, 2.05) is 60.7 Å². The summed E-state index contributed by atoms with van der Waals surface area (Å²) in [6, 6.07) is 25.2. The zero-order chi connectivity index (χ0) is 30.5. The molecule has 0 aromatic heterocycles. The number of hydrogen-bond donors (Lipinski definition) is 1. The average molecular weight is 595 g/mol. The molecule has 42 heavy (non-hydrogen) atoms. The maximum absolute atomic E-state index is 11.3. The highest BCUT2D eigenvalue weighted by molar-refractivity contribution is 6.67. The zero-order valence-corrected chi connectivity index (χ0v) is 24.3. The Morgan fingerprint density at radius 2 is 0.929 bits per heavy atom. The number of carboxylic acids is 1. The fourth-order valence-corrected chi connectivity index (χ4v) is 3.85. The first-order valence-corrected chi connectivity index (χ1v) is 13.0. The summed E-state index contributed by atoms with van der Waals surface area (Å²) in [6.07, 6.45) is 0. The van der Waals surface area contributed by atoms with Crippen molar-refractivity contribution < 1.29 is 43.1 Å². The topological polar surface area (TPSA) is 110 Å². The van der Waals surface area contributed by atoms with Crippen molar-refractivity contribution in [2.45, 2.75) is 13.2 Å². The van der Waals surface area contributed by atoms with Crippen molar-refractivity contribution in [3.05, 3.63) is 107 Å². The van der Waals surface area contributed by atoms with Crippen LogP contribution in [-0.2, 0) is 13.2 Å². The first-order valence-electron chi connectivity index (χ1n) is 12.6. The summed E-state index contributed by atoms with van der Waals surface area (Å²) in [4.78, 5) is 22.4. The maximum atomic E-state index is 11.3. The van der Waals surface area contributed by atoms with Gasteiger partial charge >= 0.3 is 5.97 Å². The molecule has 9 nitrogen and oxygen atoms in total. The zero-order valence-electron chi connectivity index (χ0n) is 23.6. The Balaban J connectivity index is 0.000000230. The summed E-state index contributed by atoms with van der Waals surface area (Å²) < 4.78 is 32.4. The Labute approximate surface area is 249 Å². The molecule has 0 amide bonds. The predicted octanol–water partition coefficient (Wildman–Crippen LogP) is 6.64. The second kappa shape index (κ2) is 15.8. The highest BCUT2D eigenvalue weighted by Gasteiger charge is 2.18. The van der Waals surface area contributed by atoms with Gasteiger partial charge in [-0.25, -0.2) is 4.79 Å². The number of carboxylic acid groups (broad SMARTS) is 1. The van der Waals surface area contributed by atoms with Gasteiger partial charge in [-0.2, -0.15) is 0 Å². The molecule has 0 atom stereocenters. The van der Waals surface area contributed by atoms with Crippen LogP contribution in [0.2, 0.25) is 0 Å². The molecule has 0 spiro atoms. The predicted molar refractivity (Wildman–Crippen MR) is 158 cm³/mol. The second-order valence-electron chi connectivity index (χ2n) is 8.55. The highest BCUT2D eigenvalue weighted by Crippen LogP contribution is 2.40. The Hall–Kier alpha value is -4.89. The Bertz CT molecular complexity index is 1310. The molecule has 0 aliphatic heterocycles. The molecule has 1 N–H and O–H groups in total. The van der Waals surface area contributed by atoms with Crippen molar-refractivity contribution in [1.82, 2.24) is 0 Å². The van der Waals surface area contributed by atoms with Crippen molar-refractivity contribution in [2.24, 2.45) is 0 Å². The van der Waals surface area contributed by atoms with Gasteiger partial charge in [0.05, 0.1) is 34.0 Å². The number of hydrogen-bond acceptors (Lipinski definition) is 8. The minimum atomic E-state index is -1.05. The van der Waals surface area contributed by atoms with Gasteiger partial charge in [-0.3, -0.25) is 4.79 Å². The van der Waals surface area contributed by atoms with Crippen LogP contribution >= 0.6 is 11.6 Å². The average Bonchev–Trinajstić information content (AvgIpc) is 3.03. The third-order valence-electron chi connectivity index (χ3n) is 5.85. The molecule has 0 fully saturated rings. The van der Waals surface area contributed by atoms with Gasteiger partial charge in [0, 0.05) is 5.56 Å². The molecule has 10 heteroatoms. The van der Waals surface area contributed by atoms with E-state index in [4.69, 9.17) is 45.1 Å². The number of carbonyl (C=O) groups excluding carboxylic acids is 1. The van der Waals surface area contributed by atoms with Gasteiger partial charge in [-0.15, -0.1) is 0 Å². The minimum absolute atomic E-state index is 0.0794. The Morgan fingerprint density at radius 1 is 0.595 bits per heavy atom. The van der Waals surface area contributed by atoms with E-state index in [1.165, 1.54) is 52.7 Å². The normalized spacial score (nSPS) is 10.0. The SMILES string of the molecule is COc1cc(C(=O)Cl)cc(OC)c1OCc1ccccc1.COc1cc(C(=O)O)cc(OC)c1OCc1ccccc1. The fourth-order valence-electron chi connectivity index (χ4n) is 3.74. The van der Waals surface area contributed by atoms with Gasteiger partial charge in [-0.1, -0.05) is 60.7 Å². The minimum Gasteiger partial charge on any atom is -0.493 e. The monoisotopic (exact) mass is 594 g/mol. The number of methoxy groups -OCH3 is 4. The smallest absolute Gasteiger partial charge is 0.335 e. The number of halogens is 1. The van der Waals surface area contributed by atoms with Gasteiger partial charge in [0.15, 0.2) is 23.0 Å². The summed E-state index contributed by atoms with van der Waals surface area (Å²) >= 11 is 5.50. The molecule has 220 valence electrons. The molecule has 0 saturated heterocycles. The van der Waals surface area contributed by atoms with Crippen molar-refractivity contribution in [2.75, 3.05) is 28.4 Å². The summed E-state index contributed by atoms with van der Waals surface area (Å²) in [6.45, 7) is 0.696. The van der Waals surface area contributed by atoms with E-state index >= 15 is 0 Å². The molecule has 0 aliphatic carbocycles. The van der Waals surface area contributed by atoms with E-state index in [2.05, 4.69) is 0 Å². The first kappa shape index (κ1) is 31.6. The van der Waals surface area contributed by atoms with Gasteiger partial charge < -0.3 is 33.5 Å². The summed E-state index contributed by atoms with van der Waals surface area (Å²) in [5.74, 6) is 1.20. The molecule has 4 aromatic carbocycles. The quantitative estimate of drug-likeness (QED) is 0.180. The van der Waals surface area contributed by atoms with Crippen molar-refractivity contribution in [3.8, 4) is 34.5 Å². The molecular weight excluding hydrogens is 564 g/mol. The van der Waals surface area contributed by atoms with E-state index in [0.717, 1.165) is 11.1 Å². The van der Waals surface area contributed by atoms with Gasteiger partial charge in [0.2, 0.25) is 11.5 Å². The van der Waals surface area contributed by atoms with E-state index in [-0.39, 0.29) is 11.1 Å². The van der Waals surface area contributed by atoms with E-state index in [1.54, 1.807) is 0 Å². The first-order chi connectivity index (χ1) is 20.3. The van der Waals surface area contributed by atoms with Crippen molar-refractivity contribution >= 4 is 22.8 Å². The number of carbonyl (C=O) groups is 2. The van der Waals surface area contributed by atoms with Crippen LogP contribution < -0.4 is 28.4 Å². The number of ether oxygens (including phenoxy) is 6. The molecule has 0 saturated carbocycles. The van der Waals surface area contributed by atoms with Crippen LogP contribution in [0.25, 0.3) is 0 Å². The van der Waals surface area contributed by atoms with E-state index in [0.29, 0.717) is 47.7 Å². The molecule has 0 aliphatic rings. The number of aromatic carboxylic acids is 1. The molecular formula is C32H31ClO9. The largest absolute Gasteiger partial charge is 0.493 e. The van der Waals surface area contributed by atoms with Crippen molar-refractivity contribution in [1.29, 1.82) is 0 Å². The lowest BCUT2D eigenvalue weighted by atomic mass is 10.2. The third-order valence-corrected chi connectivity index (χ3v) is 6.07.